The van der Waals surface area contributed by atoms with Crippen molar-refractivity contribution < 1.29 is 0 Å². The van der Waals surface area contributed by atoms with E-state index in [0.717, 1.165) is 17.4 Å². The van der Waals surface area contributed by atoms with Gasteiger partial charge in [0.05, 0.1) is 5.56 Å². The van der Waals surface area contributed by atoms with E-state index in [9.17, 15) is 9.59 Å². The molecule has 0 atom stereocenters. The fourth-order valence-corrected chi connectivity index (χ4v) is 2.13. The summed E-state index contributed by atoms with van der Waals surface area (Å²) in [5.41, 5.74) is -0.0948. The second-order valence-electron chi connectivity index (χ2n) is 4.12. The minimum Gasteiger partial charge on any atom is -0.278 e. The number of hydrogen-bond acceptors (Lipinski definition) is 3. The molecule has 0 fully saturated rings. The van der Waals surface area contributed by atoms with Gasteiger partial charge < -0.3 is 0 Å². The SMILES string of the molecule is CCCCn1c2c(c(=O)n(C)c1=O)CC(Cl)=N2. The van der Waals surface area contributed by atoms with Crippen LogP contribution in [0, 0.1) is 0 Å². The van der Waals surface area contributed by atoms with Crippen LogP contribution < -0.4 is 11.2 Å². The minimum absolute atomic E-state index is 0.294. The molecule has 0 N–H and O–H groups in total. The van der Waals surface area contributed by atoms with Crippen LogP contribution in [0.25, 0.3) is 0 Å². The highest BCUT2D eigenvalue weighted by molar-refractivity contribution is 6.66. The number of hydrogen-bond donors (Lipinski definition) is 0. The lowest BCUT2D eigenvalue weighted by atomic mass is 10.2. The zero-order chi connectivity index (χ0) is 12.6. The van der Waals surface area contributed by atoms with Crippen molar-refractivity contribution in [2.24, 2.45) is 12.0 Å². The van der Waals surface area contributed by atoms with E-state index < -0.39 is 0 Å². The third-order valence-electron chi connectivity index (χ3n) is 2.89. The molecular weight excluding hydrogens is 242 g/mol. The summed E-state index contributed by atoms with van der Waals surface area (Å²) in [6.45, 7) is 2.61. The van der Waals surface area contributed by atoms with Crippen LogP contribution in [0.5, 0.6) is 0 Å². The van der Waals surface area contributed by atoms with Gasteiger partial charge in [-0.2, -0.15) is 0 Å². The van der Waals surface area contributed by atoms with Gasteiger partial charge in [0.1, 0.15) is 11.0 Å². The predicted molar refractivity (Wildman–Crippen MR) is 67.5 cm³/mol. The monoisotopic (exact) mass is 255 g/mol. The Hall–Kier alpha value is -1.36. The van der Waals surface area contributed by atoms with Crippen molar-refractivity contribution in [1.29, 1.82) is 0 Å². The number of halogens is 1. The molecule has 2 heterocycles. The van der Waals surface area contributed by atoms with Gasteiger partial charge in [-0.1, -0.05) is 24.9 Å². The van der Waals surface area contributed by atoms with Crippen molar-refractivity contribution in [3.63, 3.8) is 0 Å². The summed E-state index contributed by atoms with van der Waals surface area (Å²) in [5, 5.41) is 0.368. The summed E-state index contributed by atoms with van der Waals surface area (Å²) in [4.78, 5) is 27.9. The van der Waals surface area contributed by atoms with Crippen molar-refractivity contribution in [2.45, 2.75) is 32.7 Å². The highest BCUT2D eigenvalue weighted by Crippen LogP contribution is 2.23. The highest BCUT2D eigenvalue weighted by atomic mass is 35.5. The van der Waals surface area contributed by atoms with E-state index in [1.165, 1.54) is 11.6 Å². The quantitative estimate of drug-likeness (QED) is 0.814. The Bertz CT molecular complexity index is 598. The van der Waals surface area contributed by atoms with Crippen LogP contribution in [0.2, 0.25) is 0 Å². The van der Waals surface area contributed by atoms with E-state index in [2.05, 4.69) is 4.99 Å². The zero-order valence-electron chi connectivity index (χ0n) is 9.86. The van der Waals surface area contributed by atoms with Crippen molar-refractivity contribution in [3.05, 3.63) is 26.4 Å². The Kier molecular flexibility index (Phi) is 3.19. The molecular formula is C11H14ClN3O2. The van der Waals surface area contributed by atoms with E-state index in [1.54, 1.807) is 0 Å². The summed E-state index contributed by atoms with van der Waals surface area (Å²) < 4.78 is 2.66. The van der Waals surface area contributed by atoms with Crippen molar-refractivity contribution in [2.75, 3.05) is 0 Å². The summed E-state index contributed by atoms with van der Waals surface area (Å²) in [6, 6.07) is 0. The van der Waals surface area contributed by atoms with E-state index in [0.29, 0.717) is 29.5 Å². The average molecular weight is 256 g/mol. The largest absolute Gasteiger partial charge is 0.332 e. The zero-order valence-corrected chi connectivity index (χ0v) is 10.6. The van der Waals surface area contributed by atoms with Crippen LogP contribution in [-0.4, -0.2) is 14.3 Å². The molecule has 0 amide bonds. The molecule has 1 aliphatic rings. The lowest BCUT2D eigenvalue weighted by molar-refractivity contribution is 0.568. The molecule has 92 valence electrons. The van der Waals surface area contributed by atoms with Gasteiger partial charge in [-0.25, -0.2) is 9.79 Å². The maximum absolute atomic E-state index is 12.0. The fourth-order valence-electron chi connectivity index (χ4n) is 1.92. The van der Waals surface area contributed by atoms with E-state index in [4.69, 9.17) is 11.6 Å². The van der Waals surface area contributed by atoms with Crippen molar-refractivity contribution >= 4 is 22.6 Å². The Balaban J connectivity index is 2.66. The number of aliphatic imine (C=N–C) groups is 1. The van der Waals surface area contributed by atoms with Gasteiger partial charge in [-0.3, -0.25) is 13.9 Å². The first kappa shape index (κ1) is 12.1. The number of fused-ring (bicyclic) bond motifs is 1. The second kappa shape index (κ2) is 4.49. The molecule has 0 saturated carbocycles. The first-order valence-corrected chi connectivity index (χ1v) is 5.99. The van der Waals surface area contributed by atoms with Gasteiger partial charge in [0.2, 0.25) is 0 Å². The summed E-state index contributed by atoms with van der Waals surface area (Å²) in [5.74, 6) is 0.441. The number of unbranched alkanes of at least 4 members (excludes halogenated alkanes) is 1. The first-order valence-electron chi connectivity index (χ1n) is 5.62. The smallest absolute Gasteiger partial charge is 0.278 e. The molecule has 6 heteroatoms. The lowest BCUT2D eigenvalue weighted by Gasteiger charge is -2.10. The standard InChI is InChI=1S/C11H14ClN3O2/c1-3-4-5-15-9-7(6-8(12)13-9)10(16)14(2)11(15)17/h3-6H2,1-2H3. The third kappa shape index (κ3) is 1.95. The van der Waals surface area contributed by atoms with Crippen LogP contribution in [0.3, 0.4) is 0 Å². The Morgan fingerprint density at radius 2 is 2.12 bits per heavy atom. The van der Waals surface area contributed by atoms with Crippen LogP contribution >= 0.6 is 11.6 Å². The van der Waals surface area contributed by atoms with E-state index in [1.807, 2.05) is 6.92 Å². The number of rotatable bonds is 3. The first-order chi connectivity index (χ1) is 8.06. The number of nitrogens with zero attached hydrogens (tertiary/aromatic N) is 3. The molecule has 0 unspecified atom stereocenters. The predicted octanol–water partition coefficient (Wildman–Crippen LogP) is 1.17. The van der Waals surface area contributed by atoms with Gasteiger partial charge in [-0.05, 0) is 6.42 Å². The van der Waals surface area contributed by atoms with Crippen LogP contribution in [0.4, 0.5) is 5.82 Å². The van der Waals surface area contributed by atoms with Gasteiger partial charge in [0.25, 0.3) is 5.56 Å². The molecule has 0 aromatic carbocycles. The normalized spacial score (nSPS) is 13.7. The van der Waals surface area contributed by atoms with Gasteiger partial charge in [0.15, 0.2) is 0 Å². The molecule has 1 aliphatic heterocycles. The molecule has 17 heavy (non-hydrogen) atoms. The molecule has 0 aliphatic carbocycles. The molecule has 1 aromatic heterocycles. The van der Waals surface area contributed by atoms with Crippen molar-refractivity contribution in [3.8, 4) is 0 Å². The van der Waals surface area contributed by atoms with Crippen LogP contribution in [-0.2, 0) is 20.0 Å². The lowest BCUT2D eigenvalue weighted by Crippen LogP contribution is -2.39. The molecule has 1 aromatic rings. The molecule has 2 rings (SSSR count). The van der Waals surface area contributed by atoms with Crippen LogP contribution in [0.1, 0.15) is 25.3 Å². The summed E-state index contributed by atoms with van der Waals surface area (Å²) >= 11 is 5.85. The van der Waals surface area contributed by atoms with E-state index >= 15 is 0 Å². The van der Waals surface area contributed by atoms with Crippen molar-refractivity contribution in [1.82, 2.24) is 9.13 Å². The third-order valence-corrected chi connectivity index (χ3v) is 3.11. The second-order valence-corrected chi connectivity index (χ2v) is 4.56. The maximum atomic E-state index is 12.0. The minimum atomic E-state index is -0.322. The fraction of sp³-hybridized carbons (Fsp3) is 0.545. The number of aromatic nitrogens is 2. The molecule has 5 nitrogen and oxygen atoms in total. The maximum Gasteiger partial charge on any atom is 0.332 e. The topological polar surface area (TPSA) is 56.4 Å². The average Bonchev–Trinajstić information content (AvgIpc) is 2.68. The summed E-state index contributed by atoms with van der Waals surface area (Å²) in [7, 11) is 1.49. The Morgan fingerprint density at radius 1 is 1.41 bits per heavy atom. The molecule has 0 radical (unpaired) electrons. The van der Waals surface area contributed by atoms with Gasteiger partial charge >= 0.3 is 5.69 Å². The highest BCUT2D eigenvalue weighted by Gasteiger charge is 2.22. The van der Waals surface area contributed by atoms with E-state index in [-0.39, 0.29) is 11.2 Å². The molecule has 0 spiro atoms. The molecule has 0 bridgehead atoms. The Labute approximate surface area is 103 Å². The molecule has 0 saturated heterocycles. The van der Waals surface area contributed by atoms with Crippen LogP contribution in [0.15, 0.2) is 14.6 Å². The van der Waals surface area contributed by atoms with Gasteiger partial charge in [-0.15, -0.1) is 0 Å². The Morgan fingerprint density at radius 3 is 2.76 bits per heavy atom. The summed E-state index contributed by atoms with van der Waals surface area (Å²) in [6.07, 6.45) is 2.18. The van der Waals surface area contributed by atoms with Gasteiger partial charge in [0, 0.05) is 20.0 Å².